The number of hydrogen-bond acceptors (Lipinski definition) is 8. The number of carbonyl (C=O) groups excluding carboxylic acids is 2. The van der Waals surface area contributed by atoms with E-state index in [4.69, 9.17) is 11.6 Å². The molecule has 0 aliphatic carbocycles. The summed E-state index contributed by atoms with van der Waals surface area (Å²) in [5, 5.41) is 20.3. The summed E-state index contributed by atoms with van der Waals surface area (Å²) in [7, 11) is 0. The first kappa shape index (κ1) is 24.2. The summed E-state index contributed by atoms with van der Waals surface area (Å²) in [6.07, 6.45) is 3.00. The van der Waals surface area contributed by atoms with Crippen LogP contribution < -0.4 is 4.90 Å². The van der Waals surface area contributed by atoms with Crippen LogP contribution >= 0.6 is 34.7 Å². The lowest BCUT2D eigenvalue weighted by Crippen LogP contribution is -2.29. The van der Waals surface area contributed by atoms with Gasteiger partial charge in [-0.15, -0.1) is 10.2 Å². The highest BCUT2D eigenvalue weighted by molar-refractivity contribution is 8.00. The number of hydrogen-bond donors (Lipinski definition) is 1. The molecule has 1 aliphatic rings. The van der Waals surface area contributed by atoms with Crippen molar-refractivity contribution in [2.75, 3.05) is 4.90 Å². The minimum absolute atomic E-state index is 0.0440. The van der Waals surface area contributed by atoms with Crippen molar-refractivity contribution in [1.29, 1.82) is 0 Å². The van der Waals surface area contributed by atoms with E-state index in [9.17, 15) is 14.7 Å². The number of halogens is 1. The maximum atomic E-state index is 13.3. The van der Waals surface area contributed by atoms with Crippen LogP contribution in [0.25, 0.3) is 5.76 Å². The fraction of sp³-hybridized carbons (Fsp3) is 0.115. The molecule has 180 valence electrons. The lowest BCUT2D eigenvalue weighted by atomic mass is 9.96. The molecule has 1 saturated heterocycles. The van der Waals surface area contributed by atoms with Crippen molar-refractivity contribution >= 4 is 57.3 Å². The van der Waals surface area contributed by atoms with E-state index >= 15 is 0 Å². The molecule has 2 aromatic heterocycles. The normalized spacial score (nSPS) is 17.1. The Morgan fingerprint density at radius 1 is 1.08 bits per heavy atom. The second-order valence-electron chi connectivity index (χ2n) is 8.08. The summed E-state index contributed by atoms with van der Waals surface area (Å²) in [5.41, 5.74) is 3.23. The number of amides is 1. The van der Waals surface area contributed by atoms with Crippen LogP contribution in [0, 0.1) is 6.92 Å². The minimum atomic E-state index is -0.917. The third kappa shape index (κ3) is 4.77. The van der Waals surface area contributed by atoms with Crippen molar-refractivity contribution in [1.82, 2.24) is 15.2 Å². The maximum Gasteiger partial charge on any atom is 0.301 e. The van der Waals surface area contributed by atoms with Gasteiger partial charge in [-0.2, -0.15) is 0 Å². The van der Waals surface area contributed by atoms with Crippen molar-refractivity contribution in [3.05, 3.63) is 106 Å². The largest absolute Gasteiger partial charge is 0.507 e. The van der Waals surface area contributed by atoms with Gasteiger partial charge in [-0.3, -0.25) is 19.5 Å². The summed E-state index contributed by atoms with van der Waals surface area (Å²) in [6.45, 7) is 2.04. The average Bonchev–Trinajstić information content (AvgIpc) is 3.46. The molecular formula is C26H19ClN4O3S2. The zero-order valence-corrected chi connectivity index (χ0v) is 21.3. The number of nitrogens with zero attached hydrogens (tertiary/aromatic N) is 4. The highest BCUT2D eigenvalue weighted by atomic mass is 35.5. The van der Waals surface area contributed by atoms with Crippen molar-refractivity contribution in [2.24, 2.45) is 0 Å². The monoisotopic (exact) mass is 534 g/mol. The quantitative estimate of drug-likeness (QED) is 0.109. The van der Waals surface area contributed by atoms with E-state index in [-0.39, 0.29) is 16.5 Å². The van der Waals surface area contributed by atoms with Crippen molar-refractivity contribution in [2.45, 2.75) is 23.1 Å². The van der Waals surface area contributed by atoms with Crippen LogP contribution in [-0.2, 0) is 15.3 Å². The fourth-order valence-corrected chi connectivity index (χ4v) is 5.90. The molecule has 0 spiro atoms. The molecule has 2 aromatic carbocycles. The van der Waals surface area contributed by atoms with Gasteiger partial charge in [-0.1, -0.05) is 76.7 Å². The Morgan fingerprint density at radius 3 is 2.56 bits per heavy atom. The molecular weight excluding hydrogens is 516 g/mol. The van der Waals surface area contributed by atoms with Gasteiger partial charge in [-0.05, 0) is 42.3 Å². The Balaban J connectivity index is 1.53. The number of aromatic nitrogens is 3. The molecule has 1 amide bonds. The summed E-state index contributed by atoms with van der Waals surface area (Å²) in [5.74, 6) is -1.20. The predicted molar refractivity (Wildman–Crippen MR) is 141 cm³/mol. The Labute approximate surface area is 220 Å². The highest BCUT2D eigenvalue weighted by Crippen LogP contribution is 2.44. The topological polar surface area (TPSA) is 96.3 Å². The van der Waals surface area contributed by atoms with Gasteiger partial charge < -0.3 is 5.11 Å². The first-order valence-corrected chi connectivity index (χ1v) is 13.1. The van der Waals surface area contributed by atoms with Gasteiger partial charge in [-0.25, -0.2) is 0 Å². The summed E-state index contributed by atoms with van der Waals surface area (Å²) in [4.78, 5) is 31.7. The van der Waals surface area contributed by atoms with Gasteiger partial charge in [0.1, 0.15) is 5.76 Å². The molecule has 1 atom stereocenters. The molecule has 0 saturated carbocycles. The van der Waals surface area contributed by atoms with Crippen LogP contribution in [0.15, 0.2) is 83.0 Å². The molecule has 10 heteroatoms. The van der Waals surface area contributed by atoms with Crippen LogP contribution in [0.3, 0.4) is 0 Å². The van der Waals surface area contributed by atoms with Gasteiger partial charge in [0.25, 0.3) is 5.78 Å². The number of benzene rings is 2. The standard InChI is InChI=1S/C26H19ClN4O3S2/c1-15-5-7-16(8-6-15)14-35-26-30-29-25(36-26)31-21(18-3-2-4-19(27)13-18)20(23(33)24(31)34)22(32)17-9-11-28-12-10-17/h2-13,21,32H,14H2,1H3. The lowest BCUT2D eigenvalue weighted by Gasteiger charge is -2.22. The minimum Gasteiger partial charge on any atom is -0.507 e. The Hall–Kier alpha value is -3.53. The Bertz CT molecular complexity index is 1470. The third-order valence-corrected chi connectivity index (χ3v) is 8.01. The molecule has 5 rings (SSSR count). The number of aryl methyl sites for hydroxylation is 1. The summed E-state index contributed by atoms with van der Waals surface area (Å²) in [6, 6.07) is 17.3. The molecule has 1 aliphatic heterocycles. The molecule has 1 fully saturated rings. The van der Waals surface area contributed by atoms with E-state index in [0.717, 1.165) is 5.56 Å². The van der Waals surface area contributed by atoms with E-state index < -0.39 is 17.7 Å². The van der Waals surface area contributed by atoms with Crippen molar-refractivity contribution in [3.63, 3.8) is 0 Å². The molecule has 0 bridgehead atoms. The molecule has 1 unspecified atom stereocenters. The van der Waals surface area contributed by atoms with Crippen LogP contribution in [-0.4, -0.2) is 32.0 Å². The molecule has 4 aromatic rings. The van der Waals surface area contributed by atoms with Gasteiger partial charge in [0, 0.05) is 28.7 Å². The van der Waals surface area contributed by atoms with Crippen LogP contribution in [0.1, 0.15) is 28.3 Å². The number of aliphatic hydroxyl groups excluding tert-OH is 1. The second-order valence-corrected chi connectivity index (χ2v) is 10.7. The molecule has 0 radical (unpaired) electrons. The van der Waals surface area contributed by atoms with E-state index in [1.54, 1.807) is 36.4 Å². The van der Waals surface area contributed by atoms with Gasteiger partial charge in [0.05, 0.1) is 11.6 Å². The van der Waals surface area contributed by atoms with Gasteiger partial charge in [0.15, 0.2) is 4.34 Å². The third-order valence-electron chi connectivity index (χ3n) is 5.65. The maximum absolute atomic E-state index is 13.3. The van der Waals surface area contributed by atoms with Gasteiger partial charge >= 0.3 is 5.91 Å². The van der Waals surface area contributed by atoms with Crippen molar-refractivity contribution < 1.29 is 14.7 Å². The number of rotatable bonds is 6. The number of ketones is 1. The van der Waals surface area contributed by atoms with Crippen LogP contribution in [0.5, 0.6) is 0 Å². The summed E-state index contributed by atoms with van der Waals surface area (Å²) < 4.78 is 0.659. The average molecular weight is 535 g/mol. The van der Waals surface area contributed by atoms with E-state index in [0.29, 0.717) is 26.2 Å². The van der Waals surface area contributed by atoms with Crippen LogP contribution in [0.4, 0.5) is 5.13 Å². The zero-order valence-electron chi connectivity index (χ0n) is 19.0. The zero-order chi connectivity index (χ0) is 25.2. The summed E-state index contributed by atoms with van der Waals surface area (Å²) >= 11 is 8.96. The van der Waals surface area contributed by atoms with Gasteiger partial charge in [0.2, 0.25) is 5.13 Å². The predicted octanol–water partition coefficient (Wildman–Crippen LogP) is 5.81. The molecule has 1 N–H and O–H groups in total. The van der Waals surface area contributed by atoms with Crippen LogP contribution in [0.2, 0.25) is 5.02 Å². The molecule has 3 heterocycles. The van der Waals surface area contributed by atoms with E-state index in [1.165, 1.54) is 46.0 Å². The molecule has 36 heavy (non-hydrogen) atoms. The number of pyridine rings is 1. The van der Waals surface area contributed by atoms with Crippen molar-refractivity contribution in [3.8, 4) is 0 Å². The fourth-order valence-electron chi connectivity index (χ4n) is 3.87. The number of carbonyl (C=O) groups is 2. The van der Waals surface area contributed by atoms with E-state index in [1.807, 2.05) is 6.92 Å². The Morgan fingerprint density at radius 2 is 1.83 bits per heavy atom. The first-order chi connectivity index (χ1) is 17.4. The number of thioether (sulfide) groups is 1. The smallest absolute Gasteiger partial charge is 0.301 e. The lowest BCUT2D eigenvalue weighted by molar-refractivity contribution is -0.132. The SMILES string of the molecule is Cc1ccc(CSc2nnc(N3C(=O)C(=O)C(=C(O)c4ccncc4)C3c3cccc(Cl)c3)s2)cc1. The number of Topliss-reactive ketones (excluding diaryl/α,β-unsaturated/α-hetero) is 1. The number of aliphatic hydroxyl groups is 1. The van der Waals surface area contributed by atoms with E-state index in [2.05, 4.69) is 39.4 Å². The molecule has 7 nitrogen and oxygen atoms in total. The number of anilines is 1. The highest BCUT2D eigenvalue weighted by Gasteiger charge is 2.48. The Kier molecular flexibility index (Phi) is 6.86. The second kappa shape index (κ2) is 10.2. The first-order valence-electron chi connectivity index (χ1n) is 10.9.